The van der Waals surface area contributed by atoms with Gasteiger partial charge in [-0.1, -0.05) is 170 Å². The Labute approximate surface area is 344 Å². The van der Waals surface area contributed by atoms with E-state index in [9.17, 15) is 0 Å². The predicted molar refractivity (Wildman–Crippen MR) is 248 cm³/mol. The van der Waals surface area contributed by atoms with Gasteiger partial charge in [0.25, 0.3) is 0 Å². The Kier molecular flexibility index (Phi) is 12.4. The minimum absolute atomic E-state index is 1.05. The maximum Gasteiger partial charge on any atom is 0.182 e. The largest absolute Gasteiger partial charge is 0.321 e. The number of allylic oxidation sites excluding steroid dienone is 2. The lowest BCUT2D eigenvalue weighted by atomic mass is 9.89. The Morgan fingerprint density at radius 2 is 0.579 bits per heavy atom. The van der Waals surface area contributed by atoms with Crippen molar-refractivity contribution in [3.63, 3.8) is 0 Å². The van der Waals surface area contributed by atoms with Crippen molar-refractivity contribution in [3.05, 3.63) is 203 Å². The van der Waals surface area contributed by atoms with E-state index >= 15 is 0 Å². The van der Waals surface area contributed by atoms with Gasteiger partial charge in [0.05, 0.1) is 39.3 Å². The fourth-order valence-electron chi connectivity index (χ4n) is 9.72. The van der Waals surface area contributed by atoms with Crippen molar-refractivity contribution in [2.45, 2.75) is 54.6 Å². The van der Waals surface area contributed by atoms with E-state index in [0.29, 0.717) is 0 Å². The summed E-state index contributed by atoms with van der Waals surface area (Å²) in [6.45, 7) is 23.0. The molecule has 0 saturated heterocycles. The third-order valence-corrected chi connectivity index (χ3v) is 18.6. The molecule has 0 N–H and O–H groups in total. The Balaban J connectivity index is 1.63. The van der Waals surface area contributed by atoms with Crippen molar-refractivity contribution in [3.8, 4) is 0 Å². The topological polar surface area (TPSA) is 0 Å². The lowest BCUT2D eigenvalue weighted by Gasteiger charge is -2.38. The highest BCUT2D eigenvalue weighted by Gasteiger charge is 2.53. The SMILES string of the molecule is CC[N+](CC)(CC)Cc1ccc([Si]2(c3ccc(C[N+](CC)(CC)CC)cc3)C(c3ccccc3)=C(c3ccccc3)C(c3ccccc3)=C2c2ccccc2)cc1. The minimum atomic E-state index is -3.08. The van der Waals surface area contributed by atoms with Crippen LogP contribution in [0.3, 0.4) is 0 Å². The second-order valence-electron chi connectivity index (χ2n) is 16.0. The monoisotopic (exact) mass is 766 g/mol. The van der Waals surface area contributed by atoms with Crippen LogP contribution in [0.25, 0.3) is 21.5 Å². The molecule has 2 nitrogen and oxygen atoms in total. The van der Waals surface area contributed by atoms with Gasteiger partial charge >= 0.3 is 0 Å². The molecule has 6 aromatic rings. The zero-order chi connectivity index (χ0) is 39.9. The van der Waals surface area contributed by atoms with E-state index in [4.69, 9.17) is 0 Å². The molecule has 0 radical (unpaired) electrons. The molecule has 0 aliphatic carbocycles. The van der Waals surface area contributed by atoms with Gasteiger partial charge in [-0.15, -0.1) is 0 Å². The molecule has 1 aliphatic heterocycles. The quantitative estimate of drug-likeness (QED) is 0.0680. The minimum Gasteiger partial charge on any atom is -0.321 e. The number of quaternary nitrogens is 2. The van der Waals surface area contributed by atoms with E-state index < -0.39 is 8.07 Å². The lowest BCUT2D eigenvalue weighted by Crippen LogP contribution is -2.60. The Morgan fingerprint density at radius 3 is 0.842 bits per heavy atom. The lowest BCUT2D eigenvalue weighted by molar-refractivity contribution is -0.936. The van der Waals surface area contributed by atoms with Gasteiger partial charge < -0.3 is 8.97 Å². The molecular formula is C54H62N2Si+2. The van der Waals surface area contributed by atoms with Crippen molar-refractivity contribution < 1.29 is 8.97 Å². The van der Waals surface area contributed by atoms with E-state index in [1.165, 1.54) is 65.3 Å². The van der Waals surface area contributed by atoms with Crippen molar-refractivity contribution in [2.24, 2.45) is 0 Å². The molecule has 0 spiro atoms. The molecule has 57 heavy (non-hydrogen) atoms. The summed E-state index contributed by atoms with van der Waals surface area (Å²) in [5.74, 6) is 0. The zero-order valence-electron chi connectivity index (χ0n) is 35.2. The van der Waals surface area contributed by atoms with Gasteiger partial charge in [0.1, 0.15) is 13.1 Å². The van der Waals surface area contributed by atoms with Gasteiger partial charge in [-0.25, -0.2) is 0 Å². The molecule has 1 aliphatic rings. The van der Waals surface area contributed by atoms with Crippen LogP contribution in [0.2, 0.25) is 0 Å². The van der Waals surface area contributed by atoms with Crippen molar-refractivity contribution in [2.75, 3.05) is 39.3 Å². The highest BCUT2D eigenvalue weighted by atomic mass is 28.3. The number of hydrogen-bond acceptors (Lipinski definition) is 0. The Morgan fingerprint density at radius 1 is 0.316 bits per heavy atom. The average Bonchev–Trinajstić information content (AvgIpc) is 3.62. The van der Waals surface area contributed by atoms with Crippen LogP contribution in [-0.2, 0) is 13.1 Å². The summed E-state index contributed by atoms with van der Waals surface area (Å²) in [4.78, 5) is 0. The van der Waals surface area contributed by atoms with Crippen LogP contribution >= 0.6 is 0 Å². The Hall–Kier alpha value is -5.06. The van der Waals surface area contributed by atoms with E-state index in [0.717, 1.165) is 61.3 Å². The van der Waals surface area contributed by atoms with Crippen molar-refractivity contribution >= 4 is 40.0 Å². The average molecular weight is 767 g/mol. The molecule has 0 bridgehead atoms. The molecule has 1 heterocycles. The van der Waals surface area contributed by atoms with Crippen LogP contribution in [0.4, 0.5) is 0 Å². The van der Waals surface area contributed by atoms with Gasteiger partial charge in [0, 0.05) is 11.1 Å². The molecule has 0 atom stereocenters. The summed E-state index contributed by atoms with van der Waals surface area (Å²) in [5, 5.41) is 5.79. The molecule has 0 aromatic heterocycles. The molecule has 6 aromatic carbocycles. The maximum absolute atomic E-state index is 3.08. The highest BCUT2D eigenvalue weighted by molar-refractivity contribution is 7.29. The van der Waals surface area contributed by atoms with Gasteiger partial charge in [-0.3, -0.25) is 0 Å². The van der Waals surface area contributed by atoms with Crippen molar-refractivity contribution in [1.29, 1.82) is 0 Å². The fraction of sp³-hybridized carbons (Fsp3) is 0.259. The molecule has 7 rings (SSSR count). The number of benzene rings is 6. The smallest absolute Gasteiger partial charge is 0.182 e. The number of hydrogen-bond donors (Lipinski definition) is 0. The normalized spacial score (nSPS) is 14.4. The maximum atomic E-state index is 2.53. The first-order chi connectivity index (χ1) is 27.9. The van der Waals surface area contributed by atoms with E-state index in [1.54, 1.807) is 0 Å². The molecule has 0 unspecified atom stereocenters. The summed E-state index contributed by atoms with van der Waals surface area (Å²) in [6, 6.07) is 65.1. The van der Waals surface area contributed by atoms with Crippen LogP contribution in [-0.4, -0.2) is 56.3 Å². The van der Waals surface area contributed by atoms with E-state index in [1.807, 2.05) is 0 Å². The second-order valence-corrected chi connectivity index (χ2v) is 19.7. The van der Waals surface area contributed by atoms with E-state index in [-0.39, 0.29) is 0 Å². The van der Waals surface area contributed by atoms with Crippen LogP contribution in [0, 0.1) is 0 Å². The predicted octanol–water partition coefficient (Wildman–Crippen LogP) is 11.3. The fourth-order valence-corrected chi connectivity index (χ4v) is 15.3. The second kappa shape index (κ2) is 17.6. The van der Waals surface area contributed by atoms with Crippen LogP contribution in [0.5, 0.6) is 0 Å². The molecule has 0 saturated carbocycles. The van der Waals surface area contributed by atoms with Gasteiger partial charge in [-0.05, 0) is 95.7 Å². The summed E-state index contributed by atoms with van der Waals surface area (Å²) >= 11 is 0. The number of nitrogens with zero attached hydrogens (tertiary/aromatic N) is 2. The first kappa shape index (κ1) is 40.1. The summed E-state index contributed by atoms with van der Waals surface area (Å²) in [5.41, 5.74) is 10.7. The summed E-state index contributed by atoms with van der Waals surface area (Å²) < 4.78 is 2.19. The van der Waals surface area contributed by atoms with E-state index in [2.05, 4.69) is 211 Å². The molecule has 0 amide bonds. The summed E-state index contributed by atoms with van der Waals surface area (Å²) in [6.07, 6.45) is 0. The van der Waals surface area contributed by atoms with Gasteiger partial charge in [0.2, 0.25) is 0 Å². The van der Waals surface area contributed by atoms with Crippen molar-refractivity contribution in [1.82, 2.24) is 0 Å². The Bertz CT molecular complexity index is 2080. The van der Waals surface area contributed by atoms with Crippen LogP contribution < -0.4 is 10.4 Å². The first-order valence-electron chi connectivity index (χ1n) is 21.5. The third-order valence-electron chi connectivity index (χ3n) is 13.6. The molecule has 3 heteroatoms. The summed E-state index contributed by atoms with van der Waals surface area (Å²) in [7, 11) is -3.08. The van der Waals surface area contributed by atoms with Gasteiger partial charge in [-0.2, -0.15) is 0 Å². The molecular weight excluding hydrogens is 705 g/mol. The number of rotatable bonds is 16. The highest BCUT2D eigenvalue weighted by Crippen LogP contribution is 2.55. The first-order valence-corrected chi connectivity index (χ1v) is 23.5. The molecule has 0 fully saturated rings. The zero-order valence-corrected chi connectivity index (χ0v) is 36.2. The third kappa shape index (κ3) is 7.57. The van der Waals surface area contributed by atoms with Crippen LogP contribution in [0.15, 0.2) is 170 Å². The standard InChI is InChI=1S/C54H62N2Si/c1-7-55(8-2,9-3)41-43-33-37-49(38-34-43)57(50-39-35-44(36-40-50)42-56(10-4,11-5)12-6)53(47-29-21-15-22-30-47)51(45-25-17-13-18-26-45)52(46-27-19-14-20-28-46)54(57)48-31-23-16-24-32-48/h13-40H,7-12,41-42H2,1-6H3/q+2. The molecule has 290 valence electrons. The van der Waals surface area contributed by atoms with Crippen LogP contribution in [0.1, 0.15) is 74.9 Å². The van der Waals surface area contributed by atoms with Gasteiger partial charge in [0.15, 0.2) is 8.07 Å².